The lowest BCUT2D eigenvalue weighted by molar-refractivity contribution is 0.233. The van der Waals surface area contributed by atoms with Crippen LogP contribution in [0.5, 0.6) is 0 Å². The van der Waals surface area contributed by atoms with E-state index in [0.717, 1.165) is 29.5 Å². The molecule has 1 aromatic rings. The third-order valence-corrected chi connectivity index (χ3v) is 4.04. The molecule has 1 fully saturated rings. The smallest absolute Gasteiger partial charge is 0.189 e. The van der Waals surface area contributed by atoms with E-state index < -0.39 is 0 Å². The predicted molar refractivity (Wildman–Crippen MR) is 86.8 cm³/mol. The highest BCUT2D eigenvalue weighted by atomic mass is 32.1. The van der Waals surface area contributed by atoms with Crippen molar-refractivity contribution in [1.82, 2.24) is 15.3 Å². The molecule has 4 nitrogen and oxygen atoms in total. The van der Waals surface area contributed by atoms with Crippen LogP contribution in [-0.2, 0) is 0 Å². The highest BCUT2D eigenvalue weighted by molar-refractivity contribution is 7.80. The highest BCUT2D eigenvalue weighted by Crippen LogP contribution is 2.19. The summed E-state index contributed by atoms with van der Waals surface area (Å²) in [4.78, 5) is 6.54. The van der Waals surface area contributed by atoms with Gasteiger partial charge in [0.15, 0.2) is 5.11 Å². The zero-order valence-electron chi connectivity index (χ0n) is 12.2. The maximum absolute atomic E-state index is 5.47. The molecule has 0 aromatic carbocycles. The Bertz CT molecular complexity index is 472. The minimum atomic E-state index is 0.550. The molecule has 2 heterocycles. The van der Waals surface area contributed by atoms with E-state index in [1.54, 1.807) is 6.20 Å². The zero-order chi connectivity index (χ0) is 14.4. The van der Waals surface area contributed by atoms with Crippen molar-refractivity contribution in [3.63, 3.8) is 0 Å². The third kappa shape index (κ3) is 3.76. The monoisotopic (exact) mass is 290 g/mol. The molecule has 0 amide bonds. The van der Waals surface area contributed by atoms with Crippen molar-refractivity contribution in [1.29, 1.82) is 0 Å². The molecule has 0 saturated carbocycles. The second kappa shape index (κ2) is 7.33. The van der Waals surface area contributed by atoms with E-state index in [2.05, 4.69) is 27.3 Å². The van der Waals surface area contributed by atoms with Gasteiger partial charge in [-0.1, -0.05) is 13.0 Å². The van der Waals surface area contributed by atoms with E-state index in [0.29, 0.717) is 6.04 Å². The average Bonchev–Trinajstić information content (AvgIpc) is 2.53. The van der Waals surface area contributed by atoms with Crippen molar-refractivity contribution in [3.8, 4) is 0 Å². The van der Waals surface area contributed by atoms with Crippen LogP contribution >= 0.6 is 12.2 Å². The van der Waals surface area contributed by atoms with Crippen LogP contribution in [0.3, 0.4) is 0 Å². The van der Waals surface area contributed by atoms with Gasteiger partial charge >= 0.3 is 0 Å². The van der Waals surface area contributed by atoms with Gasteiger partial charge in [0.25, 0.3) is 0 Å². The largest absolute Gasteiger partial charge is 0.345 e. The van der Waals surface area contributed by atoms with Gasteiger partial charge in [-0.2, -0.15) is 5.10 Å². The maximum Gasteiger partial charge on any atom is 0.189 e. The van der Waals surface area contributed by atoms with Crippen LogP contribution in [0.4, 0.5) is 0 Å². The summed E-state index contributed by atoms with van der Waals surface area (Å²) in [6.45, 7) is 5.18. The van der Waals surface area contributed by atoms with E-state index in [9.17, 15) is 0 Å². The Balaban J connectivity index is 1.97. The van der Waals surface area contributed by atoms with Gasteiger partial charge in [0.2, 0.25) is 0 Å². The molecule has 1 aliphatic rings. The first-order chi connectivity index (χ1) is 9.72. The lowest BCUT2D eigenvalue weighted by Crippen LogP contribution is -2.47. The highest BCUT2D eigenvalue weighted by Gasteiger charge is 2.22. The van der Waals surface area contributed by atoms with E-state index in [4.69, 9.17) is 12.2 Å². The number of hydrogen-bond donors (Lipinski definition) is 1. The summed E-state index contributed by atoms with van der Waals surface area (Å²) in [7, 11) is 0. The summed E-state index contributed by atoms with van der Waals surface area (Å²) in [5.74, 6) is 0. The van der Waals surface area contributed by atoms with E-state index in [1.807, 2.05) is 25.1 Å². The number of aromatic nitrogens is 1. The SMILES string of the molecule is CCC1CCCCN1C(=S)NN=C(C)c1ccccn1. The summed E-state index contributed by atoms with van der Waals surface area (Å²) in [5, 5.41) is 5.09. The van der Waals surface area contributed by atoms with E-state index in [1.165, 1.54) is 19.3 Å². The van der Waals surface area contributed by atoms with Crippen molar-refractivity contribution in [2.75, 3.05) is 6.54 Å². The quantitative estimate of drug-likeness (QED) is 0.528. The molecule has 108 valence electrons. The number of hydrazone groups is 1. The van der Waals surface area contributed by atoms with E-state index >= 15 is 0 Å². The van der Waals surface area contributed by atoms with Gasteiger partial charge in [-0.3, -0.25) is 10.4 Å². The zero-order valence-corrected chi connectivity index (χ0v) is 13.0. The number of rotatable bonds is 3. The van der Waals surface area contributed by atoms with Gasteiger partial charge in [-0.25, -0.2) is 0 Å². The molecule has 0 radical (unpaired) electrons. The molecule has 1 unspecified atom stereocenters. The van der Waals surface area contributed by atoms with Crippen LogP contribution in [0.2, 0.25) is 0 Å². The lowest BCUT2D eigenvalue weighted by atomic mass is 10.0. The van der Waals surface area contributed by atoms with Crippen molar-refractivity contribution < 1.29 is 0 Å². The number of thiocarbonyl (C=S) groups is 1. The summed E-state index contributed by atoms with van der Waals surface area (Å²) >= 11 is 5.47. The molecule has 0 aliphatic carbocycles. The second-order valence-corrected chi connectivity index (χ2v) is 5.47. The minimum Gasteiger partial charge on any atom is -0.345 e. The molecular weight excluding hydrogens is 268 g/mol. The molecule has 0 bridgehead atoms. The van der Waals surface area contributed by atoms with Gasteiger partial charge in [0.1, 0.15) is 0 Å². The van der Waals surface area contributed by atoms with Gasteiger partial charge in [0, 0.05) is 18.8 Å². The standard InChI is InChI=1S/C15H22N4S/c1-3-13-8-5-7-11-19(13)15(20)18-17-12(2)14-9-4-6-10-16-14/h4,6,9-10,13H,3,5,7-8,11H2,1-2H3,(H,18,20). The van der Waals surface area contributed by atoms with Crippen LogP contribution in [-0.4, -0.2) is 33.3 Å². The number of nitrogens with zero attached hydrogens (tertiary/aromatic N) is 3. The molecule has 0 spiro atoms. The van der Waals surface area contributed by atoms with Gasteiger partial charge < -0.3 is 4.90 Å². The number of nitrogens with one attached hydrogen (secondary N) is 1. The fourth-order valence-electron chi connectivity index (χ4n) is 2.52. The third-order valence-electron chi connectivity index (χ3n) is 3.71. The van der Waals surface area contributed by atoms with Crippen LogP contribution in [0.1, 0.15) is 45.2 Å². The Hall–Kier alpha value is -1.49. The van der Waals surface area contributed by atoms with Crippen LogP contribution in [0.25, 0.3) is 0 Å². The van der Waals surface area contributed by atoms with E-state index in [-0.39, 0.29) is 0 Å². The van der Waals surface area contributed by atoms with Gasteiger partial charge in [-0.05, 0) is 57.0 Å². The minimum absolute atomic E-state index is 0.550. The number of hydrogen-bond acceptors (Lipinski definition) is 3. The van der Waals surface area contributed by atoms with Crippen LogP contribution < -0.4 is 5.43 Å². The average molecular weight is 290 g/mol. The summed E-state index contributed by atoms with van der Waals surface area (Å²) in [5.41, 5.74) is 4.73. The lowest BCUT2D eigenvalue weighted by Gasteiger charge is -2.36. The molecule has 1 saturated heterocycles. The second-order valence-electron chi connectivity index (χ2n) is 5.08. The van der Waals surface area contributed by atoms with Crippen LogP contribution in [0, 0.1) is 0 Å². The first-order valence-electron chi connectivity index (χ1n) is 7.24. The fourth-order valence-corrected chi connectivity index (χ4v) is 2.81. The molecule has 1 N–H and O–H groups in total. The number of pyridine rings is 1. The Morgan fingerprint density at radius 1 is 1.50 bits per heavy atom. The molecule has 1 atom stereocenters. The Kier molecular flexibility index (Phi) is 5.47. The van der Waals surface area contributed by atoms with Crippen molar-refractivity contribution in [3.05, 3.63) is 30.1 Å². The summed E-state index contributed by atoms with van der Waals surface area (Å²) in [6, 6.07) is 6.35. The first-order valence-corrected chi connectivity index (χ1v) is 7.65. The number of piperidine rings is 1. The predicted octanol–water partition coefficient (Wildman–Crippen LogP) is 2.94. The summed E-state index contributed by atoms with van der Waals surface area (Å²) in [6.07, 6.45) is 6.63. The van der Waals surface area contributed by atoms with Crippen molar-refractivity contribution in [2.45, 2.75) is 45.6 Å². The van der Waals surface area contributed by atoms with Crippen LogP contribution in [0.15, 0.2) is 29.5 Å². The first kappa shape index (κ1) is 14.9. The molecular formula is C15H22N4S. The molecule has 2 rings (SSSR count). The fraction of sp³-hybridized carbons (Fsp3) is 0.533. The van der Waals surface area contributed by atoms with Crippen molar-refractivity contribution in [2.24, 2.45) is 5.10 Å². The van der Waals surface area contributed by atoms with Crippen molar-refractivity contribution >= 4 is 23.0 Å². The van der Waals surface area contributed by atoms with Gasteiger partial charge in [-0.15, -0.1) is 0 Å². The topological polar surface area (TPSA) is 40.5 Å². The Morgan fingerprint density at radius 2 is 2.35 bits per heavy atom. The summed E-state index contributed by atoms with van der Waals surface area (Å²) < 4.78 is 0. The van der Waals surface area contributed by atoms with Gasteiger partial charge in [0.05, 0.1) is 11.4 Å². The number of likely N-dealkylation sites (tertiary alicyclic amines) is 1. The molecule has 1 aromatic heterocycles. The molecule has 5 heteroatoms. The maximum atomic E-state index is 5.47. The normalized spacial score (nSPS) is 19.8. The molecule has 1 aliphatic heterocycles. The Labute approximate surface area is 126 Å². The Morgan fingerprint density at radius 3 is 3.05 bits per heavy atom. The molecule has 20 heavy (non-hydrogen) atoms.